The van der Waals surface area contributed by atoms with Crippen LogP contribution in [-0.4, -0.2) is 52.0 Å². The second kappa shape index (κ2) is 8.56. The number of rotatable bonds is 6. The molecule has 3 heterocycles. The number of nitrogens with zero attached hydrogens (tertiary/aromatic N) is 3. The summed E-state index contributed by atoms with van der Waals surface area (Å²) < 4.78 is 44.2. The lowest BCUT2D eigenvalue weighted by molar-refractivity contribution is -0.0892. The third-order valence-corrected chi connectivity index (χ3v) is 5.43. The maximum atomic E-state index is 13.1. The molecule has 1 fully saturated rings. The summed E-state index contributed by atoms with van der Waals surface area (Å²) in [5.74, 6) is -2.63. The molecular formula is C20H21F2N3O3P2. The van der Waals surface area contributed by atoms with Gasteiger partial charge in [0.1, 0.15) is 11.5 Å². The van der Waals surface area contributed by atoms with Crippen molar-refractivity contribution in [3.63, 3.8) is 0 Å². The monoisotopic (exact) mass is 451 g/mol. The second-order valence-corrected chi connectivity index (χ2v) is 8.00. The first-order chi connectivity index (χ1) is 14.3. The summed E-state index contributed by atoms with van der Waals surface area (Å²) in [5, 5.41) is 0.807. The van der Waals surface area contributed by atoms with E-state index in [4.69, 9.17) is 9.47 Å². The van der Waals surface area contributed by atoms with Crippen LogP contribution >= 0.6 is 18.1 Å². The summed E-state index contributed by atoms with van der Waals surface area (Å²) in [6.45, 7) is 2.92. The van der Waals surface area contributed by atoms with Gasteiger partial charge in [0.15, 0.2) is 0 Å². The van der Waals surface area contributed by atoms with Gasteiger partial charge in [-0.3, -0.25) is 4.90 Å². The largest absolute Gasteiger partial charge is 0.438 e. The van der Waals surface area contributed by atoms with E-state index in [1.165, 1.54) is 21.4 Å². The molecule has 0 spiro atoms. The average molecular weight is 451 g/mol. The molecular weight excluding hydrogens is 430 g/mol. The first kappa shape index (κ1) is 21.1. The molecule has 30 heavy (non-hydrogen) atoms. The number of alkyl halides is 2. The minimum atomic E-state index is -3.35. The summed E-state index contributed by atoms with van der Waals surface area (Å²) in [5.41, 5.74) is 2.81. The fraction of sp³-hybridized carbons (Fsp3) is 0.300. The average Bonchev–Trinajstić information content (AvgIpc) is 3.10. The van der Waals surface area contributed by atoms with E-state index in [1.54, 1.807) is 18.3 Å². The number of benzene rings is 1. The maximum Gasteiger partial charge on any atom is 0.408 e. The van der Waals surface area contributed by atoms with Gasteiger partial charge in [-0.2, -0.15) is 8.78 Å². The standard InChI is InChI=1S/C20H21F2N3O3P2/c1-24-6-5-15-17(24)16(19(29)25-7-9-26-10-8-25)12-23-18(15)27-13-3-2-4-14(11-13)28-20(21,22)30/h2-6,11-12,29H,7-10,30H2,1H3. The van der Waals surface area contributed by atoms with Crippen LogP contribution in [0.5, 0.6) is 17.4 Å². The predicted octanol–water partition coefficient (Wildman–Crippen LogP) is 4.12. The molecule has 1 unspecified atom stereocenters. The maximum absolute atomic E-state index is 13.1. The fourth-order valence-electron chi connectivity index (χ4n) is 3.37. The Morgan fingerprint density at radius 3 is 2.70 bits per heavy atom. The molecule has 1 aliphatic rings. The van der Waals surface area contributed by atoms with E-state index in [0.717, 1.165) is 35.0 Å². The zero-order chi connectivity index (χ0) is 21.3. The highest BCUT2D eigenvalue weighted by Crippen LogP contribution is 2.34. The molecule has 0 N–H and O–H groups in total. The minimum Gasteiger partial charge on any atom is -0.438 e. The molecule has 4 rings (SSSR count). The molecule has 0 aliphatic carbocycles. The van der Waals surface area contributed by atoms with E-state index in [2.05, 4.69) is 23.5 Å². The van der Waals surface area contributed by atoms with Crippen molar-refractivity contribution < 1.29 is 23.0 Å². The molecule has 10 heteroatoms. The van der Waals surface area contributed by atoms with Crippen LogP contribution in [0.3, 0.4) is 0 Å². The summed E-state index contributed by atoms with van der Waals surface area (Å²) in [7, 11) is 7.08. The van der Waals surface area contributed by atoms with E-state index < -0.39 is 5.85 Å². The van der Waals surface area contributed by atoms with Crippen molar-refractivity contribution in [1.29, 1.82) is 0 Å². The van der Waals surface area contributed by atoms with E-state index in [9.17, 15) is 8.78 Å². The Balaban J connectivity index is 1.65. The van der Waals surface area contributed by atoms with Crippen LogP contribution in [0, 0.1) is 0 Å². The number of hydrogen-bond acceptors (Lipinski definition) is 4. The SMILES string of the molecule is Cn1ccc2c(Oc3cccc(OC(F)(F)P)c3)ncc(C(=P)N3CCOCC3)c21. The number of hydrogen-bond donors (Lipinski definition) is 0. The van der Waals surface area contributed by atoms with Crippen LogP contribution in [0.2, 0.25) is 0 Å². The fourth-order valence-corrected chi connectivity index (χ4v) is 3.92. The number of halogens is 2. The smallest absolute Gasteiger partial charge is 0.408 e. The minimum absolute atomic E-state index is 0.00322. The lowest BCUT2D eigenvalue weighted by Gasteiger charge is -2.28. The molecule has 1 atom stereocenters. The van der Waals surface area contributed by atoms with Crippen LogP contribution in [0.4, 0.5) is 8.78 Å². The van der Waals surface area contributed by atoms with Crippen molar-refractivity contribution in [2.24, 2.45) is 7.05 Å². The summed E-state index contributed by atoms with van der Waals surface area (Å²) >= 11 is 0. The Bertz CT molecular complexity index is 1080. The van der Waals surface area contributed by atoms with Gasteiger partial charge in [-0.05, 0) is 27.4 Å². The predicted molar refractivity (Wildman–Crippen MR) is 117 cm³/mol. The molecule has 0 radical (unpaired) electrons. The van der Waals surface area contributed by atoms with E-state index in [0.29, 0.717) is 24.8 Å². The van der Waals surface area contributed by atoms with Gasteiger partial charge in [0.05, 0.1) is 24.1 Å². The quantitative estimate of drug-likeness (QED) is 0.528. The normalized spacial score (nSPS) is 15.3. The zero-order valence-corrected chi connectivity index (χ0v) is 18.4. The van der Waals surface area contributed by atoms with Gasteiger partial charge in [-0.15, -0.1) is 8.86 Å². The number of aryl methyl sites for hydroxylation is 1. The molecule has 1 aliphatic heterocycles. The molecule has 1 aromatic carbocycles. The van der Waals surface area contributed by atoms with Crippen molar-refractivity contribution in [3.05, 3.63) is 48.3 Å². The molecule has 0 bridgehead atoms. The Morgan fingerprint density at radius 1 is 1.23 bits per heavy atom. The van der Waals surface area contributed by atoms with Gasteiger partial charge in [-0.25, -0.2) is 4.98 Å². The summed E-state index contributed by atoms with van der Waals surface area (Å²) in [4.78, 5) is 6.70. The van der Waals surface area contributed by atoms with Gasteiger partial charge < -0.3 is 18.8 Å². The Hall–Kier alpha value is -2.11. The first-order valence-electron chi connectivity index (χ1n) is 9.31. The molecule has 2 aromatic heterocycles. The number of aromatic nitrogens is 2. The highest BCUT2D eigenvalue weighted by Gasteiger charge is 2.24. The number of ether oxygens (including phenoxy) is 3. The van der Waals surface area contributed by atoms with Gasteiger partial charge in [0, 0.05) is 49.6 Å². The first-order valence-corrected chi connectivity index (χ1v) is 10.4. The highest BCUT2D eigenvalue weighted by atomic mass is 31.0. The van der Waals surface area contributed by atoms with Gasteiger partial charge in [0.2, 0.25) is 5.88 Å². The van der Waals surface area contributed by atoms with Crippen molar-refractivity contribution in [1.82, 2.24) is 14.5 Å². The number of morpholine rings is 1. The lowest BCUT2D eigenvalue weighted by Crippen LogP contribution is -2.40. The molecule has 0 amide bonds. The van der Waals surface area contributed by atoms with E-state index in [-0.39, 0.29) is 5.75 Å². The Labute approximate surface area is 177 Å². The number of pyridine rings is 1. The topological polar surface area (TPSA) is 48.8 Å². The van der Waals surface area contributed by atoms with E-state index in [1.807, 2.05) is 23.9 Å². The van der Waals surface area contributed by atoms with Gasteiger partial charge in [-0.1, -0.05) is 6.07 Å². The third kappa shape index (κ3) is 4.62. The third-order valence-electron chi connectivity index (χ3n) is 4.73. The van der Waals surface area contributed by atoms with Crippen molar-refractivity contribution >= 4 is 34.4 Å². The summed E-state index contributed by atoms with van der Waals surface area (Å²) in [6.07, 6.45) is 3.67. The Morgan fingerprint density at radius 2 is 1.97 bits per heavy atom. The molecule has 6 nitrogen and oxygen atoms in total. The molecule has 1 saturated heterocycles. The van der Waals surface area contributed by atoms with Crippen molar-refractivity contribution in [3.8, 4) is 17.4 Å². The van der Waals surface area contributed by atoms with Crippen LogP contribution < -0.4 is 9.47 Å². The highest BCUT2D eigenvalue weighted by molar-refractivity contribution is 7.22. The summed E-state index contributed by atoms with van der Waals surface area (Å²) in [6, 6.07) is 8.00. The van der Waals surface area contributed by atoms with Crippen molar-refractivity contribution in [2.45, 2.75) is 5.85 Å². The van der Waals surface area contributed by atoms with Crippen LogP contribution in [-0.2, 0) is 11.8 Å². The van der Waals surface area contributed by atoms with E-state index >= 15 is 0 Å². The number of fused-ring (bicyclic) bond motifs is 1. The molecule has 0 saturated carbocycles. The molecule has 158 valence electrons. The van der Waals surface area contributed by atoms with Crippen LogP contribution in [0.25, 0.3) is 10.9 Å². The second-order valence-electron chi connectivity index (χ2n) is 6.85. The van der Waals surface area contributed by atoms with Crippen LogP contribution in [0.1, 0.15) is 5.56 Å². The Kier molecular flexibility index (Phi) is 6.03. The van der Waals surface area contributed by atoms with Gasteiger partial charge in [0.25, 0.3) is 0 Å². The van der Waals surface area contributed by atoms with Crippen LogP contribution in [0.15, 0.2) is 42.7 Å². The zero-order valence-electron chi connectivity index (χ0n) is 16.3. The van der Waals surface area contributed by atoms with Gasteiger partial charge >= 0.3 is 5.85 Å². The lowest BCUT2D eigenvalue weighted by atomic mass is 10.2. The molecule has 3 aromatic rings. The van der Waals surface area contributed by atoms with Crippen molar-refractivity contribution in [2.75, 3.05) is 26.3 Å².